The minimum absolute atomic E-state index is 0.0140. The van der Waals surface area contributed by atoms with Crippen molar-refractivity contribution in [1.29, 1.82) is 0 Å². The van der Waals surface area contributed by atoms with Crippen molar-refractivity contribution >= 4 is 21.6 Å². The Labute approximate surface area is 112 Å². The Bertz CT molecular complexity index is 502. The highest BCUT2D eigenvalue weighted by Gasteiger charge is 2.25. The number of sulfonamides is 1. The van der Waals surface area contributed by atoms with E-state index in [9.17, 15) is 13.5 Å². The van der Waals surface area contributed by atoms with E-state index >= 15 is 0 Å². The van der Waals surface area contributed by atoms with Crippen LogP contribution in [-0.4, -0.2) is 39.4 Å². The number of benzene rings is 1. The molecule has 0 heterocycles. The lowest BCUT2D eigenvalue weighted by atomic mass is 10.1. The van der Waals surface area contributed by atoms with Gasteiger partial charge in [-0.1, -0.05) is 23.7 Å². The number of rotatable bonds is 6. The maximum Gasteiger partial charge on any atom is 0.242 e. The number of hydrogen-bond acceptors (Lipinski definition) is 4. The van der Waals surface area contributed by atoms with E-state index in [1.807, 2.05) is 0 Å². The number of ether oxygens (including phenoxy) is 1. The summed E-state index contributed by atoms with van der Waals surface area (Å²) >= 11 is 5.81. The van der Waals surface area contributed by atoms with Gasteiger partial charge in [-0.25, -0.2) is 13.1 Å². The van der Waals surface area contributed by atoms with Crippen molar-refractivity contribution in [2.45, 2.75) is 17.4 Å². The lowest BCUT2D eigenvalue weighted by Gasteiger charge is -2.22. The van der Waals surface area contributed by atoms with E-state index in [0.717, 1.165) is 0 Å². The fourth-order valence-corrected chi connectivity index (χ4v) is 3.03. The van der Waals surface area contributed by atoms with Crippen LogP contribution in [0.4, 0.5) is 0 Å². The maximum atomic E-state index is 12.0. The number of methoxy groups -OCH3 is 1. The van der Waals surface area contributed by atoms with Crippen LogP contribution >= 0.6 is 11.6 Å². The van der Waals surface area contributed by atoms with E-state index in [0.29, 0.717) is 0 Å². The topological polar surface area (TPSA) is 75.6 Å². The molecule has 0 aliphatic heterocycles. The van der Waals surface area contributed by atoms with Gasteiger partial charge in [0.25, 0.3) is 0 Å². The third kappa shape index (κ3) is 4.22. The Morgan fingerprint density at radius 1 is 1.44 bits per heavy atom. The third-order valence-electron chi connectivity index (χ3n) is 2.22. The van der Waals surface area contributed by atoms with Crippen molar-refractivity contribution in [1.82, 2.24) is 4.72 Å². The molecule has 0 spiro atoms. The van der Waals surface area contributed by atoms with Gasteiger partial charge in [-0.15, -0.1) is 0 Å². The van der Waals surface area contributed by atoms with Crippen LogP contribution < -0.4 is 4.72 Å². The van der Waals surface area contributed by atoms with Crippen molar-refractivity contribution in [3.8, 4) is 0 Å². The van der Waals surface area contributed by atoms with Gasteiger partial charge in [0, 0.05) is 13.7 Å². The van der Waals surface area contributed by atoms with Gasteiger partial charge < -0.3 is 9.84 Å². The molecule has 5 nitrogen and oxygen atoms in total. The second-order valence-corrected chi connectivity index (χ2v) is 6.33. The summed E-state index contributed by atoms with van der Waals surface area (Å²) in [7, 11) is -2.31. The zero-order valence-electron chi connectivity index (χ0n) is 10.2. The average molecular weight is 294 g/mol. The van der Waals surface area contributed by atoms with Crippen LogP contribution in [0.5, 0.6) is 0 Å². The molecule has 0 amide bonds. The van der Waals surface area contributed by atoms with E-state index in [4.69, 9.17) is 16.3 Å². The summed E-state index contributed by atoms with van der Waals surface area (Å²) in [6.07, 6.45) is 0. The van der Waals surface area contributed by atoms with E-state index < -0.39 is 15.6 Å². The highest BCUT2D eigenvalue weighted by Crippen LogP contribution is 2.20. The molecule has 0 fully saturated rings. The largest absolute Gasteiger partial charge is 0.386 e. The van der Waals surface area contributed by atoms with Crippen LogP contribution in [-0.2, 0) is 14.8 Å². The molecule has 0 aliphatic carbocycles. The summed E-state index contributed by atoms with van der Waals surface area (Å²) in [5.74, 6) is 0. The van der Waals surface area contributed by atoms with Crippen molar-refractivity contribution in [3.63, 3.8) is 0 Å². The molecule has 1 rings (SSSR count). The summed E-state index contributed by atoms with van der Waals surface area (Å²) in [4.78, 5) is -0.0140. The number of hydrogen-bond donors (Lipinski definition) is 2. The van der Waals surface area contributed by atoms with Gasteiger partial charge in [-0.2, -0.15) is 0 Å². The van der Waals surface area contributed by atoms with Crippen molar-refractivity contribution < 1.29 is 18.3 Å². The zero-order valence-corrected chi connectivity index (χ0v) is 11.8. The quantitative estimate of drug-likeness (QED) is 0.821. The summed E-state index contributed by atoms with van der Waals surface area (Å²) in [5, 5.41) is 9.94. The first kappa shape index (κ1) is 15.4. The monoisotopic (exact) mass is 293 g/mol. The molecule has 2 N–H and O–H groups in total. The highest BCUT2D eigenvalue weighted by atomic mass is 35.5. The van der Waals surface area contributed by atoms with Gasteiger partial charge >= 0.3 is 0 Å². The molecular formula is C11H16ClNO4S. The molecule has 18 heavy (non-hydrogen) atoms. The molecular weight excluding hydrogens is 278 g/mol. The molecule has 0 saturated heterocycles. The Balaban J connectivity index is 2.81. The van der Waals surface area contributed by atoms with Crippen LogP contribution in [0.1, 0.15) is 6.92 Å². The molecule has 0 aliphatic rings. The minimum atomic E-state index is -3.74. The molecule has 0 radical (unpaired) electrons. The van der Waals surface area contributed by atoms with E-state index in [-0.39, 0.29) is 23.1 Å². The molecule has 0 aromatic heterocycles. The molecule has 102 valence electrons. The zero-order chi connectivity index (χ0) is 13.8. The molecule has 7 heteroatoms. The summed E-state index contributed by atoms with van der Waals surface area (Å²) in [5.41, 5.74) is -1.27. The number of nitrogens with one attached hydrogen (secondary N) is 1. The first-order valence-electron chi connectivity index (χ1n) is 5.24. The summed E-state index contributed by atoms with van der Waals surface area (Å²) in [6.45, 7) is 1.35. The highest BCUT2D eigenvalue weighted by molar-refractivity contribution is 7.89. The van der Waals surface area contributed by atoms with Gasteiger partial charge in [0.05, 0.1) is 17.2 Å². The molecule has 0 saturated carbocycles. The van der Waals surface area contributed by atoms with Gasteiger partial charge in [0.15, 0.2) is 0 Å². The molecule has 1 atom stereocenters. The maximum absolute atomic E-state index is 12.0. The fourth-order valence-electron chi connectivity index (χ4n) is 1.35. The third-order valence-corrected chi connectivity index (χ3v) is 4.13. The van der Waals surface area contributed by atoms with Gasteiger partial charge in [0.1, 0.15) is 4.90 Å². The smallest absolute Gasteiger partial charge is 0.242 e. The van der Waals surface area contributed by atoms with Crippen LogP contribution in [0, 0.1) is 0 Å². The second kappa shape index (κ2) is 5.99. The van der Waals surface area contributed by atoms with Crippen molar-refractivity contribution in [3.05, 3.63) is 29.3 Å². The predicted octanol–water partition coefficient (Wildman–Crippen LogP) is 1.02. The van der Waals surface area contributed by atoms with Crippen LogP contribution in [0.2, 0.25) is 5.02 Å². The Kier molecular flexibility index (Phi) is 5.12. The van der Waals surface area contributed by atoms with Gasteiger partial charge in [-0.05, 0) is 19.1 Å². The van der Waals surface area contributed by atoms with Crippen LogP contribution in [0.3, 0.4) is 0 Å². The van der Waals surface area contributed by atoms with Crippen LogP contribution in [0.15, 0.2) is 29.2 Å². The summed E-state index contributed by atoms with van der Waals surface area (Å²) in [6, 6.07) is 6.11. The Hall–Kier alpha value is -0.660. The van der Waals surface area contributed by atoms with E-state index in [2.05, 4.69) is 4.72 Å². The molecule has 0 bridgehead atoms. The second-order valence-electron chi connectivity index (χ2n) is 4.18. The van der Waals surface area contributed by atoms with E-state index in [1.54, 1.807) is 12.1 Å². The Morgan fingerprint density at radius 3 is 2.61 bits per heavy atom. The first-order valence-corrected chi connectivity index (χ1v) is 7.10. The standard InChI is InChI=1S/C11H16ClNO4S/c1-11(14,8-17-2)7-13-18(15,16)10-6-4-3-5-9(10)12/h3-6,13-14H,7-8H2,1-2H3. The van der Waals surface area contributed by atoms with Gasteiger partial charge in [0.2, 0.25) is 10.0 Å². The first-order chi connectivity index (χ1) is 8.28. The van der Waals surface area contributed by atoms with Crippen LogP contribution in [0.25, 0.3) is 0 Å². The average Bonchev–Trinajstić information content (AvgIpc) is 2.27. The van der Waals surface area contributed by atoms with E-state index in [1.165, 1.54) is 26.2 Å². The normalized spacial score (nSPS) is 15.3. The number of aliphatic hydroxyl groups is 1. The molecule has 1 aromatic rings. The lowest BCUT2D eigenvalue weighted by molar-refractivity contribution is -0.0119. The molecule has 1 unspecified atom stereocenters. The minimum Gasteiger partial charge on any atom is -0.386 e. The molecule has 1 aromatic carbocycles. The SMILES string of the molecule is COCC(C)(O)CNS(=O)(=O)c1ccccc1Cl. The number of halogens is 1. The summed E-state index contributed by atoms with van der Waals surface area (Å²) < 4.78 is 31.0. The van der Waals surface area contributed by atoms with Crippen molar-refractivity contribution in [2.75, 3.05) is 20.3 Å². The predicted molar refractivity (Wildman–Crippen MR) is 69.1 cm³/mol. The lowest BCUT2D eigenvalue weighted by Crippen LogP contribution is -2.43. The fraction of sp³-hybridized carbons (Fsp3) is 0.455. The Morgan fingerprint density at radius 2 is 2.06 bits per heavy atom. The van der Waals surface area contributed by atoms with Gasteiger partial charge in [-0.3, -0.25) is 0 Å². The van der Waals surface area contributed by atoms with Crippen molar-refractivity contribution in [2.24, 2.45) is 0 Å².